The Bertz CT molecular complexity index is 510. The zero-order valence-corrected chi connectivity index (χ0v) is 9.84. The number of aromatic amines is 1. The van der Waals surface area contributed by atoms with Crippen LogP contribution in [-0.2, 0) is 0 Å². The van der Waals surface area contributed by atoms with Crippen LogP contribution in [0.5, 0.6) is 0 Å². The lowest BCUT2D eigenvalue weighted by molar-refractivity contribution is 0.0981. The number of carbonyl (C=O) groups excluding carboxylic acids is 1. The number of ketones is 1. The molecule has 1 heterocycles. The van der Waals surface area contributed by atoms with Crippen molar-refractivity contribution in [2.24, 2.45) is 0 Å². The fourth-order valence-electron chi connectivity index (χ4n) is 1.94. The molecule has 0 radical (unpaired) electrons. The van der Waals surface area contributed by atoms with E-state index in [9.17, 15) is 4.79 Å². The molecule has 0 atom stereocenters. The second-order valence-electron chi connectivity index (χ2n) is 4.28. The standard InChI is InChI=1S/C14H17NO/c1-3-4-5-14(16)12-9-15-13-8-10(2)6-7-11(12)13/h6-9,15H,3-5H2,1-2H3. The van der Waals surface area contributed by atoms with E-state index in [1.54, 1.807) is 0 Å². The SMILES string of the molecule is CCCCC(=O)c1c[nH]c2cc(C)ccc12. The number of carbonyl (C=O) groups is 1. The maximum atomic E-state index is 11.9. The van der Waals surface area contributed by atoms with Crippen LogP contribution in [0.4, 0.5) is 0 Å². The van der Waals surface area contributed by atoms with Gasteiger partial charge in [0.25, 0.3) is 0 Å². The van der Waals surface area contributed by atoms with Crippen molar-refractivity contribution in [1.82, 2.24) is 4.98 Å². The Kier molecular flexibility index (Phi) is 3.09. The van der Waals surface area contributed by atoms with E-state index in [2.05, 4.69) is 24.9 Å². The normalized spacial score (nSPS) is 10.9. The molecule has 0 unspecified atom stereocenters. The van der Waals surface area contributed by atoms with E-state index in [1.807, 2.05) is 18.3 Å². The van der Waals surface area contributed by atoms with Gasteiger partial charge in [-0.25, -0.2) is 0 Å². The number of nitrogens with one attached hydrogen (secondary N) is 1. The number of aryl methyl sites for hydroxylation is 1. The summed E-state index contributed by atoms with van der Waals surface area (Å²) in [5, 5.41) is 1.05. The highest BCUT2D eigenvalue weighted by atomic mass is 16.1. The first-order valence-electron chi connectivity index (χ1n) is 5.83. The summed E-state index contributed by atoms with van der Waals surface area (Å²) in [5.41, 5.74) is 3.10. The van der Waals surface area contributed by atoms with Gasteiger partial charge in [-0.3, -0.25) is 4.79 Å². The molecule has 0 spiro atoms. The summed E-state index contributed by atoms with van der Waals surface area (Å²) in [6.45, 7) is 4.16. The monoisotopic (exact) mass is 215 g/mol. The van der Waals surface area contributed by atoms with Crippen LogP contribution in [0, 0.1) is 6.92 Å². The van der Waals surface area contributed by atoms with E-state index in [4.69, 9.17) is 0 Å². The molecule has 2 rings (SSSR count). The minimum atomic E-state index is 0.247. The lowest BCUT2D eigenvalue weighted by atomic mass is 10.0. The predicted octanol–water partition coefficient (Wildman–Crippen LogP) is 3.85. The largest absolute Gasteiger partial charge is 0.360 e. The van der Waals surface area contributed by atoms with Crippen LogP contribution in [0.25, 0.3) is 10.9 Å². The summed E-state index contributed by atoms with van der Waals surface area (Å²) in [6.07, 6.45) is 4.52. The second kappa shape index (κ2) is 4.52. The van der Waals surface area contributed by atoms with Crippen molar-refractivity contribution in [3.8, 4) is 0 Å². The molecule has 0 amide bonds. The number of Topliss-reactive ketones (excluding diaryl/α,β-unsaturated/α-hetero) is 1. The third-order valence-electron chi connectivity index (χ3n) is 2.90. The molecule has 84 valence electrons. The van der Waals surface area contributed by atoms with Crippen molar-refractivity contribution in [1.29, 1.82) is 0 Å². The number of aromatic nitrogens is 1. The van der Waals surface area contributed by atoms with Gasteiger partial charge in [-0.15, -0.1) is 0 Å². The van der Waals surface area contributed by atoms with Gasteiger partial charge in [0, 0.05) is 29.1 Å². The number of fused-ring (bicyclic) bond motifs is 1. The van der Waals surface area contributed by atoms with Crippen LogP contribution in [-0.4, -0.2) is 10.8 Å². The summed E-state index contributed by atoms with van der Waals surface area (Å²) >= 11 is 0. The molecule has 0 aliphatic heterocycles. The minimum absolute atomic E-state index is 0.247. The second-order valence-corrected chi connectivity index (χ2v) is 4.28. The van der Waals surface area contributed by atoms with Gasteiger partial charge in [0.15, 0.2) is 5.78 Å². The van der Waals surface area contributed by atoms with Gasteiger partial charge < -0.3 is 4.98 Å². The molecule has 0 bridgehead atoms. The molecule has 2 heteroatoms. The fraction of sp³-hybridized carbons (Fsp3) is 0.357. The maximum absolute atomic E-state index is 11.9. The van der Waals surface area contributed by atoms with Gasteiger partial charge in [-0.1, -0.05) is 25.5 Å². The summed E-state index contributed by atoms with van der Waals surface area (Å²) in [7, 11) is 0. The maximum Gasteiger partial charge on any atom is 0.165 e. The first-order valence-corrected chi connectivity index (χ1v) is 5.83. The van der Waals surface area contributed by atoms with Gasteiger partial charge in [0.2, 0.25) is 0 Å². The van der Waals surface area contributed by atoms with E-state index >= 15 is 0 Å². The summed E-state index contributed by atoms with van der Waals surface area (Å²) in [5.74, 6) is 0.247. The average Bonchev–Trinajstić information content (AvgIpc) is 2.68. The minimum Gasteiger partial charge on any atom is -0.360 e. The van der Waals surface area contributed by atoms with Crippen molar-refractivity contribution in [2.45, 2.75) is 33.1 Å². The zero-order chi connectivity index (χ0) is 11.5. The number of unbranched alkanes of at least 4 members (excludes halogenated alkanes) is 1. The van der Waals surface area contributed by atoms with Crippen molar-refractivity contribution in [3.05, 3.63) is 35.5 Å². The number of rotatable bonds is 4. The Morgan fingerprint density at radius 2 is 2.19 bits per heavy atom. The molecule has 1 aromatic carbocycles. The van der Waals surface area contributed by atoms with Gasteiger partial charge in [0.1, 0.15) is 0 Å². The number of hydrogen-bond donors (Lipinski definition) is 1. The van der Waals surface area contributed by atoms with E-state index < -0.39 is 0 Å². The van der Waals surface area contributed by atoms with Gasteiger partial charge in [0.05, 0.1) is 0 Å². The Morgan fingerprint density at radius 1 is 1.38 bits per heavy atom. The Balaban J connectivity index is 2.34. The number of hydrogen-bond acceptors (Lipinski definition) is 1. The molecule has 16 heavy (non-hydrogen) atoms. The lowest BCUT2D eigenvalue weighted by Crippen LogP contribution is -1.97. The Morgan fingerprint density at radius 3 is 2.94 bits per heavy atom. The molecule has 0 saturated carbocycles. The molecular weight excluding hydrogens is 198 g/mol. The third-order valence-corrected chi connectivity index (χ3v) is 2.90. The highest BCUT2D eigenvalue weighted by molar-refractivity contribution is 6.07. The van der Waals surface area contributed by atoms with Crippen molar-refractivity contribution >= 4 is 16.7 Å². The summed E-state index contributed by atoms with van der Waals surface area (Å²) < 4.78 is 0. The van der Waals surface area contributed by atoms with E-state index in [0.717, 1.165) is 29.3 Å². The highest BCUT2D eigenvalue weighted by Gasteiger charge is 2.10. The Labute approximate surface area is 95.7 Å². The van der Waals surface area contributed by atoms with Crippen molar-refractivity contribution in [3.63, 3.8) is 0 Å². The molecule has 1 aromatic heterocycles. The smallest absolute Gasteiger partial charge is 0.165 e. The first kappa shape index (κ1) is 10.9. The topological polar surface area (TPSA) is 32.9 Å². The quantitative estimate of drug-likeness (QED) is 0.772. The van der Waals surface area contributed by atoms with Gasteiger partial charge in [-0.05, 0) is 25.0 Å². The van der Waals surface area contributed by atoms with Crippen LogP contribution in [0.15, 0.2) is 24.4 Å². The molecule has 0 fully saturated rings. The third kappa shape index (κ3) is 2.01. The van der Waals surface area contributed by atoms with E-state index in [0.29, 0.717) is 6.42 Å². The first-order chi connectivity index (χ1) is 7.72. The molecule has 0 saturated heterocycles. The van der Waals surface area contributed by atoms with E-state index in [-0.39, 0.29) is 5.78 Å². The van der Waals surface area contributed by atoms with Crippen LogP contribution in [0.1, 0.15) is 42.1 Å². The molecule has 2 nitrogen and oxygen atoms in total. The molecule has 2 aromatic rings. The van der Waals surface area contributed by atoms with E-state index in [1.165, 1.54) is 5.56 Å². The summed E-state index contributed by atoms with van der Waals surface area (Å²) in [6, 6.07) is 6.15. The molecule has 1 N–H and O–H groups in total. The lowest BCUT2D eigenvalue weighted by Gasteiger charge is -1.98. The fourth-order valence-corrected chi connectivity index (χ4v) is 1.94. The number of benzene rings is 1. The summed E-state index contributed by atoms with van der Waals surface area (Å²) in [4.78, 5) is 15.1. The highest BCUT2D eigenvalue weighted by Crippen LogP contribution is 2.21. The van der Waals surface area contributed by atoms with Crippen LogP contribution in [0.3, 0.4) is 0 Å². The average molecular weight is 215 g/mol. The zero-order valence-electron chi connectivity index (χ0n) is 9.84. The molecule has 0 aliphatic rings. The predicted molar refractivity (Wildman–Crippen MR) is 66.9 cm³/mol. The van der Waals surface area contributed by atoms with Crippen molar-refractivity contribution in [2.75, 3.05) is 0 Å². The molecule has 0 aliphatic carbocycles. The van der Waals surface area contributed by atoms with Gasteiger partial charge in [-0.2, -0.15) is 0 Å². The van der Waals surface area contributed by atoms with Crippen LogP contribution in [0.2, 0.25) is 0 Å². The molecular formula is C14H17NO. The van der Waals surface area contributed by atoms with Gasteiger partial charge >= 0.3 is 0 Å². The van der Waals surface area contributed by atoms with Crippen molar-refractivity contribution < 1.29 is 4.79 Å². The van der Waals surface area contributed by atoms with Crippen LogP contribution >= 0.6 is 0 Å². The Hall–Kier alpha value is -1.57. The number of H-pyrrole nitrogens is 1. The van der Waals surface area contributed by atoms with Crippen LogP contribution < -0.4 is 0 Å².